The molecule has 1 aromatic heterocycles. The number of anilines is 3. The Morgan fingerprint density at radius 1 is 1.07 bits per heavy atom. The maximum Gasteiger partial charge on any atom is 0.270 e. The maximum absolute atomic E-state index is 13.7. The molecule has 0 spiro atoms. The number of carbonyl (C=O) groups excluding carboxylic acids is 1. The number of nitrogens with zero attached hydrogens (tertiary/aromatic N) is 3. The fourth-order valence-corrected chi connectivity index (χ4v) is 2.62. The van der Waals surface area contributed by atoms with Crippen LogP contribution in [0.1, 0.15) is 21.7 Å². The molecule has 0 atom stereocenters. The molecule has 0 unspecified atom stereocenters. The smallest absolute Gasteiger partial charge is 0.270 e. The van der Waals surface area contributed by atoms with E-state index in [-0.39, 0.29) is 24.0 Å². The Morgan fingerprint density at radius 2 is 1.79 bits per heavy atom. The summed E-state index contributed by atoms with van der Waals surface area (Å²) in [6.07, 6.45) is 0. The van der Waals surface area contributed by atoms with Crippen LogP contribution in [0.15, 0.2) is 54.6 Å². The molecule has 2 N–H and O–H groups in total. The van der Waals surface area contributed by atoms with Gasteiger partial charge in [0.1, 0.15) is 11.5 Å². The molecule has 3 aromatic rings. The topological polar surface area (TPSA) is 70.2 Å². The molecule has 0 saturated heterocycles. The Bertz CT molecular complexity index is 973. The van der Waals surface area contributed by atoms with Gasteiger partial charge in [0.15, 0.2) is 0 Å². The number of aromatic nitrogens is 2. The van der Waals surface area contributed by atoms with Crippen molar-refractivity contribution in [3.63, 3.8) is 0 Å². The van der Waals surface area contributed by atoms with Gasteiger partial charge in [0, 0.05) is 43.3 Å². The number of nitrogens with one attached hydrogen (secondary N) is 2. The number of aryl methyl sites for hydroxylation is 1. The van der Waals surface area contributed by atoms with Gasteiger partial charge in [-0.15, -0.1) is 0 Å². The molecular weight excluding hydrogens is 357 g/mol. The molecule has 28 heavy (non-hydrogen) atoms. The van der Waals surface area contributed by atoms with Crippen LogP contribution in [0.2, 0.25) is 0 Å². The predicted octanol–water partition coefficient (Wildman–Crippen LogP) is 3.66. The molecule has 1 heterocycles. The second-order valence-electron chi connectivity index (χ2n) is 6.56. The van der Waals surface area contributed by atoms with Crippen molar-refractivity contribution in [3.05, 3.63) is 77.4 Å². The highest BCUT2D eigenvalue weighted by Gasteiger charge is 2.12. The number of hydrogen-bond acceptors (Lipinski definition) is 5. The predicted molar refractivity (Wildman–Crippen MR) is 108 cm³/mol. The zero-order valence-corrected chi connectivity index (χ0v) is 16.0. The van der Waals surface area contributed by atoms with Gasteiger partial charge in [-0.3, -0.25) is 4.79 Å². The Balaban J connectivity index is 1.71. The average molecular weight is 379 g/mol. The van der Waals surface area contributed by atoms with Gasteiger partial charge in [-0.2, -0.15) is 0 Å². The molecule has 0 aliphatic rings. The summed E-state index contributed by atoms with van der Waals surface area (Å²) in [5.41, 5.74) is 3.17. The number of amides is 1. The second kappa shape index (κ2) is 8.47. The Labute approximate surface area is 163 Å². The lowest BCUT2D eigenvalue weighted by Crippen LogP contribution is -2.25. The van der Waals surface area contributed by atoms with Crippen molar-refractivity contribution in [1.29, 1.82) is 0 Å². The second-order valence-corrected chi connectivity index (χ2v) is 6.56. The van der Waals surface area contributed by atoms with Crippen LogP contribution in [-0.2, 0) is 6.54 Å². The average Bonchev–Trinajstić information content (AvgIpc) is 2.67. The van der Waals surface area contributed by atoms with Gasteiger partial charge in [-0.05, 0) is 43.3 Å². The highest BCUT2D eigenvalue weighted by molar-refractivity contribution is 5.92. The first-order valence-corrected chi connectivity index (χ1v) is 8.84. The van der Waals surface area contributed by atoms with E-state index in [9.17, 15) is 9.18 Å². The summed E-state index contributed by atoms with van der Waals surface area (Å²) in [5.74, 6) is -0.418. The number of hydrogen-bond donors (Lipinski definition) is 2. The molecular formula is C21H22FN5O. The molecule has 0 bridgehead atoms. The van der Waals surface area contributed by atoms with Crippen molar-refractivity contribution >= 4 is 23.2 Å². The molecule has 7 heteroatoms. The van der Waals surface area contributed by atoms with Crippen LogP contribution in [0, 0.1) is 12.7 Å². The van der Waals surface area contributed by atoms with Gasteiger partial charge in [-0.1, -0.05) is 18.2 Å². The first-order chi connectivity index (χ1) is 13.4. The Kier molecular flexibility index (Phi) is 5.84. The van der Waals surface area contributed by atoms with Crippen LogP contribution in [0.4, 0.5) is 21.7 Å². The van der Waals surface area contributed by atoms with Gasteiger partial charge in [0.05, 0.1) is 0 Å². The molecule has 144 valence electrons. The van der Waals surface area contributed by atoms with E-state index in [1.807, 2.05) is 43.3 Å². The van der Waals surface area contributed by atoms with Gasteiger partial charge in [-0.25, -0.2) is 14.4 Å². The van der Waals surface area contributed by atoms with Crippen LogP contribution in [0.25, 0.3) is 0 Å². The van der Waals surface area contributed by atoms with Crippen molar-refractivity contribution in [2.75, 3.05) is 24.3 Å². The minimum absolute atomic E-state index is 0.0866. The first kappa shape index (κ1) is 19.3. The lowest BCUT2D eigenvalue weighted by atomic mass is 10.2. The monoisotopic (exact) mass is 379 g/mol. The van der Waals surface area contributed by atoms with E-state index in [0.717, 1.165) is 11.4 Å². The molecule has 2 aromatic carbocycles. The zero-order valence-electron chi connectivity index (χ0n) is 16.0. The SMILES string of the molecule is Cc1cc(C(=O)NCc2ccccc2F)nc(Nc2ccc(N(C)C)cc2)n1. The molecule has 0 radical (unpaired) electrons. The molecule has 1 amide bonds. The van der Waals surface area contributed by atoms with Crippen LogP contribution in [-0.4, -0.2) is 30.0 Å². The fraction of sp³-hybridized carbons (Fsp3) is 0.190. The lowest BCUT2D eigenvalue weighted by molar-refractivity contribution is 0.0945. The van der Waals surface area contributed by atoms with Gasteiger partial charge >= 0.3 is 0 Å². The van der Waals surface area contributed by atoms with E-state index in [0.29, 0.717) is 17.2 Å². The lowest BCUT2D eigenvalue weighted by Gasteiger charge is -2.13. The number of carbonyl (C=O) groups is 1. The standard InChI is InChI=1S/C21H22FN5O/c1-14-12-19(20(28)23-13-15-6-4-5-7-18(15)22)26-21(24-14)25-16-8-10-17(11-9-16)27(2)3/h4-12H,13H2,1-3H3,(H,23,28)(H,24,25,26). The van der Waals surface area contributed by atoms with E-state index in [4.69, 9.17) is 0 Å². The number of benzene rings is 2. The van der Waals surface area contributed by atoms with Crippen LogP contribution in [0.5, 0.6) is 0 Å². The zero-order chi connectivity index (χ0) is 20.1. The highest BCUT2D eigenvalue weighted by Crippen LogP contribution is 2.18. The molecule has 0 fully saturated rings. The van der Waals surface area contributed by atoms with E-state index in [2.05, 4.69) is 20.6 Å². The third kappa shape index (κ3) is 4.82. The van der Waals surface area contributed by atoms with Gasteiger partial charge in [0.25, 0.3) is 5.91 Å². The first-order valence-electron chi connectivity index (χ1n) is 8.84. The van der Waals surface area contributed by atoms with Gasteiger partial charge < -0.3 is 15.5 Å². The van der Waals surface area contributed by atoms with Crippen LogP contribution >= 0.6 is 0 Å². The molecule has 6 nitrogen and oxygen atoms in total. The highest BCUT2D eigenvalue weighted by atomic mass is 19.1. The van der Waals surface area contributed by atoms with Crippen molar-refractivity contribution < 1.29 is 9.18 Å². The summed E-state index contributed by atoms with van der Waals surface area (Å²) in [7, 11) is 3.94. The summed E-state index contributed by atoms with van der Waals surface area (Å²) in [4.78, 5) is 23.1. The van der Waals surface area contributed by atoms with Crippen LogP contribution in [0.3, 0.4) is 0 Å². The van der Waals surface area contributed by atoms with E-state index in [1.165, 1.54) is 6.07 Å². The molecule has 0 aliphatic heterocycles. The Morgan fingerprint density at radius 3 is 2.46 bits per heavy atom. The van der Waals surface area contributed by atoms with Crippen LogP contribution < -0.4 is 15.5 Å². The third-order valence-electron chi connectivity index (χ3n) is 4.12. The molecule has 0 saturated carbocycles. The summed E-state index contributed by atoms with van der Waals surface area (Å²) >= 11 is 0. The molecule has 3 rings (SSSR count). The quantitative estimate of drug-likeness (QED) is 0.684. The van der Waals surface area contributed by atoms with Crippen molar-refractivity contribution in [3.8, 4) is 0 Å². The van der Waals surface area contributed by atoms with Crippen molar-refractivity contribution in [2.45, 2.75) is 13.5 Å². The number of halogens is 1. The summed E-state index contributed by atoms with van der Waals surface area (Å²) < 4.78 is 13.7. The van der Waals surface area contributed by atoms with Crippen molar-refractivity contribution in [2.24, 2.45) is 0 Å². The minimum atomic E-state index is -0.389. The fourth-order valence-electron chi connectivity index (χ4n) is 2.62. The summed E-state index contributed by atoms with van der Waals surface area (Å²) in [5, 5.41) is 5.80. The number of rotatable bonds is 6. The maximum atomic E-state index is 13.7. The van der Waals surface area contributed by atoms with Gasteiger partial charge in [0.2, 0.25) is 5.95 Å². The minimum Gasteiger partial charge on any atom is -0.378 e. The van der Waals surface area contributed by atoms with Crippen molar-refractivity contribution in [1.82, 2.24) is 15.3 Å². The van der Waals surface area contributed by atoms with E-state index in [1.54, 1.807) is 31.2 Å². The third-order valence-corrected chi connectivity index (χ3v) is 4.12. The Hall–Kier alpha value is -3.48. The molecule has 0 aliphatic carbocycles. The largest absolute Gasteiger partial charge is 0.378 e. The van der Waals surface area contributed by atoms with E-state index >= 15 is 0 Å². The summed E-state index contributed by atoms with van der Waals surface area (Å²) in [6.45, 7) is 1.87. The normalized spacial score (nSPS) is 10.4. The summed E-state index contributed by atoms with van der Waals surface area (Å²) in [6, 6.07) is 15.7. The van der Waals surface area contributed by atoms with E-state index < -0.39 is 0 Å².